The van der Waals surface area contributed by atoms with Crippen LogP contribution >= 0.6 is 0 Å². The van der Waals surface area contributed by atoms with Crippen molar-refractivity contribution in [1.82, 2.24) is 0 Å². The minimum atomic E-state index is -3.55. The quantitative estimate of drug-likeness (QED) is 0.800. The second-order valence-corrected chi connectivity index (χ2v) is 6.90. The summed E-state index contributed by atoms with van der Waals surface area (Å²) in [5.41, 5.74) is 0. The van der Waals surface area contributed by atoms with Crippen molar-refractivity contribution < 1.29 is 17.2 Å². The zero-order chi connectivity index (χ0) is 11.6. The number of halogens is 2. The molecule has 0 unspecified atom stereocenters. The highest BCUT2D eigenvalue weighted by Gasteiger charge is 2.69. The van der Waals surface area contributed by atoms with Gasteiger partial charge >= 0.3 is 0 Å². The Morgan fingerprint density at radius 1 is 1.19 bits per heavy atom. The van der Waals surface area contributed by atoms with E-state index in [-0.39, 0.29) is 10.8 Å². The first-order valence-corrected chi connectivity index (χ1v) is 6.65. The van der Waals surface area contributed by atoms with Crippen LogP contribution < -0.4 is 0 Å². The Morgan fingerprint density at radius 3 is 2.19 bits per heavy atom. The second-order valence-electron chi connectivity index (χ2n) is 4.61. The minimum absolute atomic E-state index is 0.212. The molecule has 1 aromatic rings. The van der Waals surface area contributed by atoms with Crippen molar-refractivity contribution in [3.63, 3.8) is 0 Å². The van der Waals surface area contributed by atoms with E-state index in [1.165, 1.54) is 0 Å². The summed E-state index contributed by atoms with van der Waals surface area (Å²) in [6.45, 7) is 0. The maximum absolute atomic E-state index is 13.0. The lowest BCUT2D eigenvalue weighted by molar-refractivity contribution is 0.462. The number of sulfone groups is 1. The number of hydrogen-bond donors (Lipinski definition) is 0. The molecule has 0 saturated heterocycles. The molecule has 2 aliphatic rings. The zero-order valence-electron chi connectivity index (χ0n) is 8.41. The van der Waals surface area contributed by atoms with E-state index in [0.717, 1.165) is 18.6 Å². The summed E-state index contributed by atoms with van der Waals surface area (Å²) in [5, 5.41) is 0. The van der Waals surface area contributed by atoms with Crippen LogP contribution in [0.15, 0.2) is 23.1 Å². The standard InChI is InChI=1S/C11H10F2O2S/c12-8-3-9(13)5-10(4-8)16(14,15)11-2-1-7(11)6-11/h3-5,7H,1-2,6H2/t7-,11+/m1/s1. The van der Waals surface area contributed by atoms with Crippen LogP contribution in [0.2, 0.25) is 0 Å². The summed E-state index contributed by atoms with van der Waals surface area (Å²) in [4.78, 5) is -0.216. The molecule has 0 aliphatic heterocycles. The molecule has 0 bridgehead atoms. The molecule has 2 atom stereocenters. The Hall–Kier alpha value is -0.970. The van der Waals surface area contributed by atoms with Gasteiger partial charge in [0.1, 0.15) is 11.6 Å². The Morgan fingerprint density at radius 2 is 1.81 bits per heavy atom. The van der Waals surface area contributed by atoms with Crippen LogP contribution in [0.25, 0.3) is 0 Å². The molecular weight excluding hydrogens is 234 g/mol. The molecule has 2 saturated carbocycles. The maximum atomic E-state index is 13.0. The number of fused-ring (bicyclic) bond motifs is 1. The summed E-state index contributed by atoms with van der Waals surface area (Å²) in [6, 6.07) is 2.49. The fourth-order valence-electron chi connectivity index (χ4n) is 2.61. The van der Waals surface area contributed by atoms with Crippen LogP contribution in [0.5, 0.6) is 0 Å². The predicted octanol–water partition coefficient (Wildman–Crippen LogP) is 2.29. The van der Waals surface area contributed by atoms with Gasteiger partial charge in [0.25, 0.3) is 0 Å². The van der Waals surface area contributed by atoms with E-state index in [9.17, 15) is 17.2 Å². The number of benzene rings is 1. The summed E-state index contributed by atoms with van der Waals surface area (Å²) in [7, 11) is -3.55. The summed E-state index contributed by atoms with van der Waals surface area (Å²) < 4.78 is 49.6. The topological polar surface area (TPSA) is 34.1 Å². The number of hydrogen-bond acceptors (Lipinski definition) is 2. The molecule has 5 heteroatoms. The van der Waals surface area contributed by atoms with Crippen molar-refractivity contribution in [2.24, 2.45) is 5.92 Å². The first-order valence-electron chi connectivity index (χ1n) is 5.16. The van der Waals surface area contributed by atoms with E-state index in [4.69, 9.17) is 0 Å². The van der Waals surface area contributed by atoms with Gasteiger partial charge in [-0.05, 0) is 37.3 Å². The molecule has 1 aromatic carbocycles. The van der Waals surface area contributed by atoms with E-state index in [2.05, 4.69) is 0 Å². The molecule has 0 heterocycles. The molecule has 86 valence electrons. The van der Waals surface area contributed by atoms with Crippen LogP contribution in [0, 0.1) is 17.6 Å². The largest absolute Gasteiger partial charge is 0.223 e. The van der Waals surface area contributed by atoms with Gasteiger partial charge in [-0.15, -0.1) is 0 Å². The lowest BCUT2D eigenvalue weighted by Gasteiger charge is -2.25. The summed E-state index contributed by atoms with van der Waals surface area (Å²) in [6.07, 6.45) is 2.18. The van der Waals surface area contributed by atoms with Gasteiger partial charge in [-0.2, -0.15) is 0 Å². The van der Waals surface area contributed by atoms with Crippen molar-refractivity contribution in [2.45, 2.75) is 28.9 Å². The Balaban J connectivity index is 2.10. The van der Waals surface area contributed by atoms with Gasteiger partial charge in [0.15, 0.2) is 9.84 Å². The monoisotopic (exact) mass is 244 g/mol. The number of rotatable bonds is 2. The fraction of sp³-hybridized carbons (Fsp3) is 0.455. The van der Waals surface area contributed by atoms with Crippen LogP contribution in [0.4, 0.5) is 8.78 Å². The van der Waals surface area contributed by atoms with Crippen molar-refractivity contribution in [3.05, 3.63) is 29.8 Å². The molecule has 2 aliphatic carbocycles. The van der Waals surface area contributed by atoms with Gasteiger partial charge in [0.2, 0.25) is 0 Å². The first kappa shape index (κ1) is 10.2. The lowest BCUT2D eigenvalue weighted by atomic mass is 10.00. The Bertz CT molecular complexity index is 543. The molecule has 2 fully saturated rings. The molecule has 0 N–H and O–H groups in total. The molecule has 0 spiro atoms. The SMILES string of the molecule is O=S(=O)(c1cc(F)cc(F)c1)[C@]12CC[C@@H]1C2. The van der Waals surface area contributed by atoms with Crippen molar-refractivity contribution in [1.29, 1.82) is 0 Å². The normalized spacial score (nSPS) is 31.8. The van der Waals surface area contributed by atoms with Crippen molar-refractivity contribution in [3.8, 4) is 0 Å². The lowest BCUT2D eigenvalue weighted by Crippen LogP contribution is -2.32. The Kier molecular flexibility index (Phi) is 1.80. The third-order valence-corrected chi connectivity index (χ3v) is 6.40. The summed E-state index contributed by atoms with van der Waals surface area (Å²) in [5.74, 6) is -1.47. The summed E-state index contributed by atoms with van der Waals surface area (Å²) >= 11 is 0. The predicted molar refractivity (Wildman–Crippen MR) is 53.6 cm³/mol. The van der Waals surface area contributed by atoms with E-state index < -0.39 is 26.2 Å². The highest BCUT2D eigenvalue weighted by molar-refractivity contribution is 7.93. The van der Waals surface area contributed by atoms with Crippen LogP contribution in [-0.2, 0) is 9.84 Å². The molecular formula is C11H10F2O2S. The molecule has 3 rings (SSSR count). The van der Waals surface area contributed by atoms with E-state index in [1.54, 1.807) is 0 Å². The van der Waals surface area contributed by atoms with E-state index in [0.29, 0.717) is 18.9 Å². The van der Waals surface area contributed by atoms with Gasteiger partial charge in [0, 0.05) is 6.07 Å². The van der Waals surface area contributed by atoms with E-state index >= 15 is 0 Å². The maximum Gasteiger partial charge on any atom is 0.184 e. The fourth-order valence-corrected chi connectivity index (χ4v) is 4.98. The third kappa shape index (κ3) is 1.12. The average Bonchev–Trinajstić information content (AvgIpc) is 2.67. The van der Waals surface area contributed by atoms with Gasteiger partial charge in [0.05, 0.1) is 9.64 Å². The van der Waals surface area contributed by atoms with Gasteiger partial charge in [-0.1, -0.05) is 0 Å². The molecule has 0 radical (unpaired) electrons. The second kappa shape index (κ2) is 2.83. The van der Waals surface area contributed by atoms with Crippen molar-refractivity contribution in [2.75, 3.05) is 0 Å². The highest BCUT2D eigenvalue weighted by Crippen LogP contribution is 2.66. The van der Waals surface area contributed by atoms with Gasteiger partial charge in [-0.25, -0.2) is 17.2 Å². The molecule has 2 nitrogen and oxygen atoms in total. The first-order chi connectivity index (χ1) is 7.46. The zero-order valence-corrected chi connectivity index (χ0v) is 9.23. The molecule has 0 aromatic heterocycles. The third-order valence-electron chi connectivity index (χ3n) is 3.77. The van der Waals surface area contributed by atoms with Crippen LogP contribution in [-0.4, -0.2) is 13.2 Å². The Labute approximate surface area is 92.2 Å². The average molecular weight is 244 g/mol. The van der Waals surface area contributed by atoms with E-state index in [1.807, 2.05) is 0 Å². The highest BCUT2D eigenvalue weighted by atomic mass is 32.2. The molecule has 16 heavy (non-hydrogen) atoms. The van der Waals surface area contributed by atoms with Crippen LogP contribution in [0.1, 0.15) is 19.3 Å². The smallest absolute Gasteiger partial charge is 0.184 e. The van der Waals surface area contributed by atoms with Gasteiger partial charge < -0.3 is 0 Å². The van der Waals surface area contributed by atoms with Crippen molar-refractivity contribution >= 4 is 9.84 Å². The van der Waals surface area contributed by atoms with Crippen LogP contribution in [0.3, 0.4) is 0 Å². The molecule has 0 amide bonds. The van der Waals surface area contributed by atoms with Gasteiger partial charge in [-0.3, -0.25) is 0 Å². The minimum Gasteiger partial charge on any atom is -0.223 e.